The van der Waals surface area contributed by atoms with Gasteiger partial charge in [-0.1, -0.05) is 11.6 Å². The summed E-state index contributed by atoms with van der Waals surface area (Å²) in [6.07, 6.45) is 1.72. The monoisotopic (exact) mass is 415 g/mol. The largest absolute Gasteiger partial charge is 0.367 e. The molecule has 0 unspecified atom stereocenters. The Labute approximate surface area is 171 Å². The van der Waals surface area contributed by atoms with Crippen molar-refractivity contribution in [3.05, 3.63) is 65.1 Å². The van der Waals surface area contributed by atoms with E-state index in [2.05, 4.69) is 36.4 Å². The van der Waals surface area contributed by atoms with Gasteiger partial charge in [0.05, 0.1) is 5.02 Å². The van der Waals surface area contributed by atoms with E-state index in [9.17, 15) is 9.18 Å². The van der Waals surface area contributed by atoms with Crippen molar-refractivity contribution >= 4 is 40.8 Å². The van der Waals surface area contributed by atoms with E-state index in [-0.39, 0.29) is 5.02 Å². The molecule has 10 heteroatoms. The summed E-state index contributed by atoms with van der Waals surface area (Å²) >= 11 is 5.68. The molecule has 0 saturated heterocycles. The molecule has 8 nitrogen and oxygen atoms in total. The Hall–Kier alpha value is -3.46. The Bertz CT molecular complexity index is 985. The quantitative estimate of drug-likeness (QED) is 0.435. The van der Waals surface area contributed by atoms with E-state index in [1.165, 1.54) is 18.2 Å². The molecule has 2 amide bonds. The van der Waals surface area contributed by atoms with Crippen LogP contribution in [0.1, 0.15) is 5.56 Å². The number of aromatic nitrogens is 3. The number of anilines is 4. The van der Waals surface area contributed by atoms with Gasteiger partial charge in [-0.25, -0.2) is 14.2 Å². The van der Waals surface area contributed by atoms with E-state index < -0.39 is 11.8 Å². The van der Waals surface area contributed by atoms with E-state index in [4.69, 9.17) is 11.6 Å². The van der Waals surface area contributed by atoms with E-state index in [1.807, 2.05) is 19.1 Å². The summed E-state index contributed by atoms with van der Waals surface area (Å²) in [5.74, 6) is 1.29. The van der Waals surface area contributed by atoms with Crippen molar-refractivity contribution in [2.45, 2.75) is 6.92 Å². The minimum atomic E-state index is -0.542. The molecule has 0 aliphatic carbocycles. The summed E-state index contributed by atoms with van der Waals surface area (Å²) < 4.78 is 13.1. The first-order valence-corrected chi connectivity index (χ1v) is 9.14. The Morgan fingerprint density at radius 3 is 2.55 bits per heavy atom. The Morgan fingerprint density at radius 1 is 1.03 bits per heavy atom. The van der Waals surface area contributed by atoms with Crippen LogP contribution in [-0.4, -0.2) is 34.3 Å². The van der Waals surface area contributed by atoms with Gasteiger partial charge in [0.25, 0.3) is 0 Å². The molecule has 0 aliphatic heterocycles. The number of carbonyl (C=O) groups is 1. The fourth-order valence-electron chi connectivity index (χ4n) is 2.34. The number of hydrogen-bond acceptors (Lipinski definition) is 6. The number of carbonyl (C=O) groups excluding carboxylic acids is 1. The Balaban J connectivity index is 1.40. The molecule has 29 heavy (non-hydrogen) atoms. The van der Waals surface area contributed by atoms with Crippen LogP contribution in [0.3, 0.4) is 0 Å². The van der Waals surface area contributed by atoms with Crippen molar-refractivity contribution in [3.8, 4) is 0 Å². The van der Waals surface area contributed by atoms with Gasteiger partial charge >= 0.3 is 6.03 Å². The molecule has 0 fully saturated rings. The normalized spacial score (nSPS) is 10.3. The van der Waals surface area contributed by atoms with Gasteiger partial charge in [-0.3, -0.25) is 0 Å². The van der Waals surface area contributed by atoms with Gasteiger partial charge in [0.1, 0.15) is 17.5 Å². The molecule has 3 rings (SSSR count). The molecule has 0 atom stereocenters. The lowest BCUT2D eigenvalue weighted by Gasteiger charge is -2.09. The van der Waals surface area contributed by atoms with Crippen molar-refractivity contribution in [2.24, 2.45) is 0 Å². The molecule has 3 aromatic rings. The van der Waals surface area contributed by atoms with Crippen LogP contribution in [0.25, 0.3) is 0 Å². The number of rotatable bonds is 7. The fraction of sp³-hybridized carbons (Fsp3) is 0.158. The van der Waals surface area contributed by atoms with Crippen LogP contribution >= 0.6 is 11.6 Å². The second-order valence-electron chi connectivity index (χ2n) is 6.08. The molecule has 2 heterocycles. The summed E-state index contributed by atoms with van der Waals surface area (Å²) in [4.78, 5) is 16.0. The summed E-state index contributed by atoms with van der Waals surface area (Å²) in [5, 5.41) is 19.5. The number of benzene rings is 1. The Kier molecular flexibility index (Phi) is 6.75. The molecule has 1 aromatic carbocycles. The first kappa shape index (κ1) is 20.3. The number of nitrogens with zero attached hydrogens (tertiary/aromatic N) is 3. The zero-order chi connectivity index (χ0) is 20.6. The van der Waals surface area contributed by atoms with Crippen LogP contribution in [0.2, 0.25) is 5.02 Å². The average molecular weight is 416 g/mol. The van der Waals surface area contributed by atoms with Crippen molar-refractivity contribution in [1.82, 2.24) is 20.5 Å². The zero-order valence-electron chi connectivity index (χ0n) is 15.5. The van der Waals surface area contributed by atoms with Crippen LogP contribution in [0.4, 0.5) is 32.3 Å². The van der Waals surface area contributed by atoms with Gasteiger partial charge in [0.15, 0.2) is 5.82 Å². The highest BCUT2D eigenvalue weighted by molar-refractivity contribution is 6.31. The topological polar surface area (TPSA) is 104 Å². The fourth-order valence-corrected chi connectivity index (χ4v) is 2.53. The minimum Gasteiger partial charge on any atom is -0.367 e. The third-order valence-corrected chi connectivity index (χ3v) is 4.02. The molecule has 150 valence electrons. The molecule has 4 N–H and O–H groups in total. The summed E-state index contributed by atoms with van der Waals surface area (Å²) in [6.45, 7) is 2.77. The Morgan fingerprint density at radius 2 is 1.83 bits per heavy atom. The minimum absolute atomic E-state index is 0.0563. The molecule has 0 saturated carbocycles. The van der Waals surface area contributed by atoms with E-state index >= 15 is 0 Å². The van der Waals surface area contributed by atoms with E-state index in [1.54, 1.807) is 18.3 Å². The lowest BCUT2D eigenvalue weighted by Crippen LogP contribution is -2.32. The lowest BCUT2D eigenvalue weighted by molar-refractivity contribution is 0.252. The number of urea groups is 1. The first-order valence-electron chi connectivity index (χ1n) is 8.77. The molecular formula is C19H19ClFN7O. The SMILES string of the molecule is Cc1ccnc(Nc2ccc(NCCNC(=O)Nc3ccc(F)c(Cl)c3)nn2)c1. The number of pyridine rings is 1. The van der Waals surface area contributed by atoms with Crippen LogP contribution in [0, 0.1) is 12.7 Å². The maximum absolute atomic E-state index is 13.1. The standard InChI is InChI=1S/C19H19ClFN7O/c1-12-6-7-22-18(10-12)26-17-5-4-16(27-28-17)23-8-9-24-19(29)25-13-2-3-15(21)14(20)11-13/h2-7,10-11H,8-9H2,1H3,(H,23,27)(H,22,26,28)(H2,24,25,29). The zero-order valence-corrected chi connectivity index (χ0v) is 16.3. The predicted molar refractivity (Wildman–Crippen MR) is 111 cm³/mol. The molecule has 0 spiro atoms. The molecule has 0 radical (unpaired) electrons. The molecule has 2 aromatic heterocycles. The highest BCUT2D eigenvalue weighted by Crippen LogP contribution is 2.19. The van der Waals surface area contributed by atoms with Crippen molar-refractivity contribution < 1.29 is 9.18 Å². The smallest absolute Gasteiger partial charge is 0.319 e. The first-order chi connectivity index (χ1) is 14.0. The van der Waals surface area contributed by atoms with E-state index in [0.717, 1.165) is 5.56 Å². The van der Waals surface area contributed by atoms with Crippen LogP contribution in [-0.2, 0) is 0 Å². The van der Waals surface area contributed by atoms with Crippen molar-refractivity contribution in [2.75, 3.05) is 29.0 Å². The summed E-state index contributed by atoms with van der Waals surface area (Å²) in [6, 6.07) is 10.9. The average Bonchev–Trinajstić information content (AvgIpc) is 2.69. The maximum atomic E-state index is 13.1. The summed E-state index contributed by atoms with van der Waals surface area (Å²) in [7, 11) is 0. The predicted octanol–water partition coefficient (Wildman–Crippen LogP) is 3.95. The summed E-state index contributed by atoms with van der Waals surface area (Å²) in [5.41, 5.74) is 1.49. The molecule has 0 aliphatic rings. The molecule has 0 bridgehead atoms. The number of hydrogen-bond donors (Lipinski definition) is 4. The van der Waals surface area contributed by atoms with Crippen LogP contribution < -0.4 is 21.3 Å². The van der Waals surface area contributed by atoms with Gasteiger partial charge in [-0.15, -0.1) is 10.2 Å². The van der Waals surface area contributed by atoms with E-state index in [0.29, 0.717) is 36.2 Å². The number of amides is 2. The third-order valence-electron chi connectivity index (χ3n) is 3.73. The third kappa shape index (κ3) is 6.28. The maximum Gasteiger partial charge on any atom is 0.319 e. The second-order valence-corrected chi connectivity index (χ2v) is 6.49. The van der Waals surface area contributed by atoms with Gasteiger partial charge in [-0.2, -0.15) is 0 Å². The highest BCUT2D eigenvalue weighted by Gasteiger charge is 2.05. The number of aryl methyl sites for hydroxylation is 1. The van der Waals surface area contributed by atoms with Gasteiger partial charge in [-0.05, 0) is 55.0 Å². The van der Waals surface area contributed by atoms with Gasteiger partial charge in [0.2, 0.25) is 0 Å². The highest BCUT2D eigenvalue weighted by atomic mass is 35.5. The van der Waals surface area contributed by atoms with Crippen LogP contribution in [0.15, 0.2) is 48.7 Å². The van der Waals surface area contributed by atoms with Gasteiger partial charge < -0.3 is 21.3 Å². The molecular weight excluding hydrogens is 397 g/mol. The lowest BCUT2D eigenvalue weighted by atomic mass is 10.3. The second kappa shape index (κ2) is 9.65. The number of nitrogens with one attached hydrogen (secondary N) is 4. The number of halogens is 2. The van der Waals surface area contributed by atoms with Crippen molar-refractivity contribution in [3.63, 3.8) is 0 Å². The van der Waals surface area contributed by atoms with Crippen LogP contribution in [0.5, 0.6) is 0 Å². The van der Waals surface area contributed by atoms with Gasteiger partial charge in [0, 0.05) is 25.0 Å². The van der Waals surface area contributed by atoms with Crippen molar-refractivity contribution in [1.29, 1.82) is 0 Å².